The molecule has 1 aromatic rings. The molecule has 1 aliphatic heterocycles. The van der Waals surface area contributed by atoms with Crippen LogP contribution < -0.4 is 0 Å². The molecule has 1 aliphatic rings. The predicted molar refractivity (Wildman–Crippen MR) is 71.0 cm³/mol. The van der Waals surface area contributed by atoms with Crippen molar-refractivity contribution in [3.05, 3.63) is 28.5 Å². The summed E-state index contributed by atoms with van der Waals surface area (Å²) in [7, 11) is 0. The summed E-state index contributed by atoms with van der Waals surface area (Å²) in [4.78, 5) is 17.4. The maximum absolute atomic E-state index is 12.7. The van der Waals surface area contributed by atoms with Crippen LogP contribution in [-0.2, 0) is 11.2 Å². The van der Waals surface area contributed by atoms with Crippen LogP contribution in [-0.4, -0.2) is 35.1 Å². The third-order valence-electron chi connectivity index (χ3n) is 3.36. The number of rotatable bonds is 2. The number of piperidine rings is 1. The summed E-state index contributed by atoms with van der Waals surface area (Å²) in [6.07, 6.45) is -2.13. The lowest BCUT2D eigenvalue weighted by Gasteiger charge is -2.33. The lowest BCUT2D eigenvalue weighted by molar-refractivity contribution is -0.187. The Morgan fingerprint density at radius 1 is 1.45 bits per heavy atom. The number of aromatic nitrogens is 1. The van der Waals surface area contributed by atoms with Crippen LogP contribution >= 0.6 is 15.9 Å². The van der Waals surface area contributed by atoms with Crippen LogP contribution in [0.3, 0.4) is 0 Å². The lowest BCUT2D eigenvalue weighted by Crippen LogP contribution is -2.45. The second kappa shape index (κ2) is 6.11. The van der Waals surface area contributed by atoms with E-state index in [0.717, 1.165) is 4.47 Å². The van der Waals surface area contributed by atoms with Gasteiger partial charge in [0.25, 0.3) is 0 Å². The Bertz CT molecular complexity index is 475. The first-order valence-electron chi connectivity index (χ1n) is 6.31. The van der Waals surface area contributed by atoms with E-state index in [-0.39, 0.29) is 25.3 Å². The average molecular weight is 351 g/mol. The quantitative estimate of drug-likeness (QED) is 0.820. The van der Waals surface area contributed by atoms with Crippen molar-refractivity contribution in [2.24, 2.45) is 5.92 Å². The van der Waals surface area contributed by atoms with Crippen LogP contribution in [0.4, 0.5) is 13.2 Å². The molecule has 0 bridgehead atoms. The molecule has 110 valence electrons. The van der Waals surface area contributed by atoms with Gasteiger partial charge in [-0.25, -0.2) is 0 Å². The number of amides is 1. The zero-order valence-electron chi connectivity index (χ0n) is 10.7. The van der Waals surface area contributed by atoms with Gasteiger partial charge in [-0.05, 0) is 40.9 Å². The van der Waals surface area contributed by atoms with Crippen LogP contribution in [0.25, 0.3) is 0 Å². The van der Waals surface area contributed by atoms with Gasteiger partial charge in [0.1, 0.15) is 0 Å². The van der Waals surface area contributed by atoms with Crippen molar-refractivity contribution in [2.75, 3.05) is 13.1 Å². The zero-order valence-corrected chi connectivity index (χ0v) is 12.2. The molecular weight excluding hydrogens is 337 g/mol. The molecular formula is C13H14BrF3N2O. The van der Waals surface area contributed by atoms with E-state index in [1.807, 2.05) is 0 Å². The van der Waals surface area contributed by atoms with E-state index < -0.39 is 12.1 Å². The number of hydrogen-bond acceptors (Lipinski definition) is 2. The number of carbonyl (C=O) groups excluding carboxylic acids is 1. The van der Waals surface area contributed by atoms with E-state index in [2.05, 4.69) is 20.9 Å². The third kappa shape index (κ3) is 3.94. The van der Waals surface area contributed by atoms with Crippen molar-refractivity contribution in [1.29, 1.82) is 0 Å². The van der Waals surface area contributed by atoms with Gasteiger partial charge in [-0.3, -0.25) is 9.78 Å². The molecule has 2 heterocycles. The summed E-state index contributed by atoms with van der Waals surface area (Å²) < 4.78 is 38.9. The molecule has 0 radical (unpaired) electrons. The van der Waals surface area contributed by atoms with Crippen molar-refractivity contribution >= 4 is 21.8 Å². The molecule has 1 fully saturated rings. The first kappa shape index (κ1) is 15.3. The minimum absolute atomic E-state index is 0.0395. The highest BCUT2D eigenvalue weighted by atomic mass is 79.9. The fourth-order valence-corrected chi connectivity index (χ4v) is 2.48. The highest BCUT2D eigenvalue weighted by Gasteiger charge is 2.42. The van der Waals surface area contributed by atoms with E-state index in [9.17, 15) is 18.0 Å². The van der Waals surface area contributed by atoms with Crippen molar-refractivity contribution < 1.29 is 18.0 Å². The van der Waals surface area contributed by atoms with Crippen LogP contribution in [0.1, 0.15) is 18.5 Å². The van der Waals surface area contributed by atoms with Gasteiger partial charge in [0, 0.05) is 29.5 Å². The van der Waals surface area contributed by atoms with Crippen LogP contribution in [0.15, 0.2) is 22.8 Å². The summed E-state index contributed by atoms with van der Waals surface area (Å²) >= 11 is 3.24. The first-order valence-corrected chi connectivity index (χ1v) is 7.10. The molecule has 0 aliphatic carbocycles. The van der Waals surface area contributed by atoms with Gasteiger partial charge >= 0.3 is 6.18 Å². The van der Waals surface area contributed by atoms with Gasteiger partial charge in [-0.2, -0.15) is 13.2 Å². The summed E-state index contributed by atoms with van der Waals surface area (Å²) in [5.41, 5.74) is 0.562. The summed E-state index contributed by atoms with van der Waals surface area (Å²) in [5.74, 6) is -1.70. The number of nitrogens with zero attached hydrogens (tertiary/aromatic N) is 2. The Hall–Kier alpha value is -1.11. The van der Waals surface area contributed by atoms with Crippen molar-refractivity contribution in [3.63, 3.8) is 0 Å². The molecule has 0 aromatic carbocycles. The molecule has 1 aromatic heterocycles. The Morgan fingerprint density at radius 3 is 2.80 bits per heavy atom. The molecule has 1 amide bonds. The molecule has 1 saturated heterocycles. The predicted octanol–water partition coefficient (Wildman–Crippen LogP) is 3.19. The molecule has 1 atom stereocenters. The topological polar surface area (TPSA) is 33.2 Å². The monoisotopic (exact) mass is 350 g/mol. The van der Waals surface area contributed by atoms with Gasteiger partial charge in [-0.15, -0.1) is 0 Å². The third-order valence-corrected chi connectivity index (χ3v) is 3.83. The second-order valence-corrected chi connectivity index (χ2v) is 5.78. The molecule has 2 rings (SSSR count). The SMILES string of the molecule is O=C(Cc1ccc(Br)cn1)N1CCCC(C(F)(F)F)C1. The van der Waals surface area contributed by atoms with Crippen LogP contribution in [0.2, 0.25) is 0 Å². The Morgan fingerprint density at radius 2 is 2.20 bits per heavy atom. The maximum Gasteiger partial charge on any atom is 0.393 e. The largest absolute Gasteiger partial charge is 0.393 e. The fraction of sp³-hybridized carbons (Fsp3) is 0.538. The van der Waals surface area contributed by atoms with E-state index in [1.54, 1.807) is 18.3 Å². The fourth-order valence-electron chi connectivity index (χ4n) is 2.25. The smallest absolute Gasteiger partial charge is 0.342 e. The standard InChI is InChI=1S/C13H14BrF3N2O/c14-10-3-4-11(18-7-10)6-12(20)19-5-1-2-9(8-19)13(15,16)17/h3-4,7,9H,1-2,5-6,8H2. The minimum atomic E-state index is -4.23. The first-order chi connectivity index (χ1) is 9.36. The molecule has 0 N–H and O–H groups in total. The molecule has 0 spiro atoms. The highest BCUT2D eigenvalue weighted by molar-refractivity contribution is 9.10. The van der Waals surface area contributed by atoms with Crippen molar-refractivity contribution in [2.45, 2.75) is 25.4 Å². The number of carbonyl (C=O) groups is 1. The van der Waals surface area contributed by atoms with Crippen LogP contribution in [0, 0.1) is 5.92 Å². The second-order valence-electron chi connectivity index (χ2n) is 4.87. The van der Waals surface area contributed by atoms with E-state index in [4.69, 9.17) is 0 Å². The molecule has 7 heteroatoms. The van der Waals surface area contributed by atoms with Crippen molar-refractivity contribution in [1.82, 2.24) is 9.88 Å². The average Bonchev–Trinajstić information content (AvgIpc) is 2.40. The molecule has 0 saturated carbocycles. The molecule has 20 heavy (non-hydrogen) atoms. The Balaban J connectivity index is 1.97. The lowest BCUT2D eigenvalue weighted by atomic mass is 9.97. The van der Waals surface area contributed by atoms with Gasteiger partial charge < -0.3 is 4.90 Å². The Labute approximate surface area is 123 Å². The highest BCUT2D eigenvalue weighted by Crippen LogP contribution is 2.33. The maximum atomic E-state index is 12.7. The minimum Gasteiger partial charge on any atom is -0.342 e. The number of hydrogen-bond donors (Lipinski definition) is 0. The van der Waals surface area contributed by atoms with Gasteiger partial charge in [-0.1, -0.05) is 0 Å². The normalized spacial score (nSPS) is 20.0. The van der Waals surface area contributed by atoms with Gasteiger partial charge in [0.15, 0.2) is 0 Å². The molecule has 3 nitrogen and oxygen atoms in total. The van der Waals surface area contributed by atoms with E-state index >= 15 is 0 Å². The van der Waals surface area contributed by atoms with Crippen molar-refractivity contribution in [3.8, 4) is 0 Å². The van der Waals surface area contributed by atoms with E-state index in [1.165, 1.54) is 4.90 Å². The van der Waals surface area contributed by atoms with E-state index in [0.29, 0.717) is 18.7 Å². The summed E-state index contributed by atoms with van der Waals surface area (Å²) in [6.45, 7) is 0.154. The zero-order chi connectivity index (χ0) is 14.8. The Kier molecular flexibility index (Phi) is 4.67. The number of likely N-dealkylation sites (tertiary alicyclic amines) is 1. The summed E-state index contributed by atoms with van der Waals surface area (Å²) in [5, 5.41) is 0. The number of alkyl halides is 3. The molecule has 1 unspecified atom stereocenters. The van der Waals surface area contributed by atoms with Crippen LogP contribution in [0.5, 0.6) is 0 Å². The summed E-state index contributed by atoms with van der Waals surface area (Å²) in [6, 6.07) is 3.44. The number of pyridine rings is 1. The van der Waals surface area contributed by atoms with Gasteiger partial charge in [0.2, 0.25) is 5.91 Å². The number of halogens is 4. The van der Waals surface area contributed by atoms with Gasteiger partial charge in [0.05, 0.1) is 12.3 Å².